The van der Waals surface area contributed by atoms with Gasteiger partial charge in [0.2, 0.25) is 10.0 Å². The molecule has 0 saturated carbocycles. The third-order valence-corrected chi connectivity index (χ3v) is 5.13. The molecule has 2 atom stereocenters. The van der Waals surface area contributed by atoms with E-state index in [1.807, 2.05) is 19.0 Å². The summed E-state index contributed by atoms with van der Waals surface area (Å²) in [5.41, 5.74) is 0.487. The molecule has 1 N–H and O–H groups in total. The number of amides is 1. The van der Waals surface area contributed by atoms with Gasteiger partial charge in [0.15, 0.2) is 0 Å². The van der Waals surface area contributed by atoms with Gasteiger partial charge in [-0.1, -0.05) is 0 Å². The highest BCUT2D eigenvalue weighted by Gasteiger charge is 2.38. The highest BCUT2D eigenvalue weighted by molar-refractivity contribution is 7.88. The number of nitrogens with zero attached hydrogens (tertiary/aromatic N) is 2. The van der Waals surface area contributed by atoms with Crippen molar-refractivity contribution in [2.45, 2.75) is 13.0 Å². The zero-order valence-electron chi connectivity index (χ0n) is 13.4. The second-order valence-corrected chi connectivity index (χ2v) is 8.06. The fourth-order valence-corrected chi connectivity index (χ4v) is 3.68. The first-order valence-electron chi connectivity index (χ1n) is 7.13. The summed E-state index contributed by atoms with van der Waals surface area (Å²) in [5.74, 6) is 0.385. The van der Waals surface area contributed by atoms with E-state index < -0.39 is 10.0 Å². The fraction of sp³-hybridized carbons (Fsp3) is 0.643. The zero-order chi connectivity index (χ0) is 16.5. The number of sulfonamides is 1. The lowest BCUT2D eigenvalue weighted by atomic mass is 10.0. The average Bonchev–Trinajstić information content (AvgIpc) is 2.95. The molecular weight excluding hydrogens is 306 g/mol. The van der Waals surface area contributed by atoms with Gasteiger partial charge in [-0.05, 0) is 27.1 Å². The van der Waals surface area contributed by atoms with Crippen LogP contribution >= 0.6 is 0 Å². The van der Waals surface area contributed by atoms with Gasteiger partial charge in [0.05, 0.1) is 18.1 Å². The monoisotopic (exact) mass is 329 g/mol. The molecule has 22 heavy (non-hydrogen) atoms. The highest BCUT2D eigenvalue weighted by Crippen LogP contribution is 2.21. The molecule has 1 aromatic heterocycles. The van der Waals surface area contributed by atoms with E-state index in [-0.39, 0.29) is 17.9 Å². The number of aryl methyl sites for hydroxylation is 1. The van der Waals surface area contributed by atoms with Crippen LogP contribution in [-0.4, -0.2) is 69.6 Å². The van der Waals surface area contributed by atoms with Crippen LogP contribution in [0.15, 0.2) is 16.7 Å². The Balaban J connectivity index is 2.12. The molecule has 2 unspecified atom stereocenters. The van der Waals surface area contributed by atoms with Crippen LogP contribution in [0.2, 0.25) is 0 Å². The van der Waals surface area contributed by atoms with Crippen molar-refractivity contribution in [1.82, 2.24) is 14.5 Å². The van der Waals surface area contributed by atoms with Gasteiger partial charge in [-0.25, -0.2) is 8.42 Å². The van der Waals surface area contributed by atoms with Gasteiger partial charge in [0, 0.05) is 31.6 Å². The predicted octanol–water partition coefficient (Wildman–Crippen LogP) is 0.139. The lowest BCUT2D eigenvalue weighted by Gasteiger charge is -2.22. The number of rotatable bonds is 5. The standard InChI is InChI=1S/C14H23N3O4S/c1-10-12(5-6-21-10)14(18)15-13-9-17(22(4,19)20)8-11(13)7-16(2)3/h5-6,11,13H,7-9H2,1-4H3,(H,15,18). The van der Waals surface area contributed by atoms with Crippen LogP contribution in [0, 0.1) is 12.8 Å². The fourth-order valence-electron chi connectivity index (χ4n) is 2.79. The van der Waals surface area contributed by atoms with Crippen LogP contribution in [-0.2, 0) is 10.0 Å². The average molecular weight is 329 g/mol. The minimum absolute atomic E-state index is 0.0564. The number of furan rings is 1. The Kier molecular flexibility index (Phi) is 4.93. The molecule has 0 aliphatic carbocycles. The first-order chi connectivity index (χ1) is 10.2. The van der Waals surface area contributed by atoms with Crippen molar-refractivity contribution in [1.29, 1.82) is 0 Å². The molecule has 1 aliphatic heterocycles. The summed E-state index contributed by atoms with van der Waals surface area (Å²) in [5, 5.41) is 2.95. The molecule has 7 nitrogen and oxygen atoms in total. The summed E-state index contributed by atoms with van der Waals surface area (Å²) in [4.78, 5) is 14.3. The number of carbonyl (C=O) groups excluding carboxylic acids is 1. The van der Waals surface area contributed by atoms with Gasteiger partial charge < -0.3 is 14.6 Å². The van der Waals surface area contributed by atoms with Crippen LogP contribution in [0.4, 0.5) is 0 Å². The topological polar surface area (TPSA) is 82.9 Å². The smallest absolute Gasteiger partial charge is 0.255 e. The molecule has 0 spiro atoms. The number of hydrogen-bond donors (Lipinski definition) is 1. The zero-order valence-corrected chi connectivity index (χ0v) is 14.2. The van der Waals surface area contributed by atoms with Gasteiger partial charge in [-0.2, -0.15) is 4.31 Å². The van der Waals surface area contributed by atoms with E-state index >= 15 is 0 Å². The van der Waals surface area contributed by atoms with Gasteiger partial charge in [0.1, 0.15) is 5.76 Å². The summed E-state index contributed by atoms with van der Waals surface area (Å²) in [7, 11) is 0.609. The molecule has 8 heteroatoms. The normalized spacial score (nSPS) is 23.1. The summed E-state index contributed by atoms with van der Waals surface area (Å²) < 4.78 is 30.1. The molecule has 2 heterocycles. The molecule has 0 radical (unpaired) electrons. The minimum Gasteiger partial charge on any atom is -0.469 e. The van der Waals surface area contributed by atoms with Crippen molar-refractivity contribution < 1.29 is 17.6 Å². The van der Waals surface area contributed by atoms with Crippen molar-refractivity contribution in [3.63, 3.8) is 0 Å². The van der Waals surface area contributed by atoms with E-state index in [4.69, 9.17) is 4.42 Å². The number of carbonyl (C=O) groups is 1. The Morgan fingerprint density at radius 1 is 1.45 bits per heavy atom. The SMILES string of the molecule is Cc1occc1C(=O)NC1CN(S(C)(=O)=O)CC1CN(C)C. The van der Waals surface area contributed by atoms with Gasteiger partial charge in [0.25, 0.3) is 5.91 Å². The van der Waals surface area contributed by atoms with E-state index in [0.717, 1.165) is 0 Å². The molecular formula is C14H23N3O4S. The molecule has 1 amide bonds. The Hall–Kier alpha value is -1.38. The molecule has 0 bridgehead atoms. The van der Waals surface area contributed by atoms with Gasteiger partial charge in [-0.3, -0.25) is 4.79 Å². The first-order valence-corrected chi connectivity index (χ1v) is 8.98. The maximum absolute atomic E-state index is 12.3. The summed E-state index contributed by atoms with van der Waals surface area (Å²) >= 11 is 0. The maximum Gasteiger partial charge on any atom is 0.255 e. The molecule has 2 rings (SSSR count). The van der Waals surface area contributed by atoms with Crippen molar-refractivity contribution in [3.8, 4) is 0 Å². The van der Waals surface area contributed by atoms with Crippen LogP contribution in [0.1, 0.15) is 16.1 Å². The van der Waals surface area contributed by atoms with E-state index in [2.05, 4.69) is 5.32 Å². The Bertz CT molecular complexity index is 638. The van der Waals surface area contributed by atoms with Crippen molar-refractivity contribution in [2.75, 3.05) is 40.0 Å². The van der Waals surface area contributed by atoms with Crippen LogP contribution in [0.3, 0.4) is 0 Å². The van der Waals surface area contributed by atoms with Gasteiger partial charge in [-0.15, -0.1) is 0 Å². The lowest BCUT2D eigenvalue weighted by Crippen LogP contribution is -2.43. The van der Waals surface area contributed by atoms with Crippen molar-refractivity contribution >= 4 is 15.9 Å². The van der Waals surface area contributed by atoms with Crippen LogP contribution in [0.5, 0.6) is 0 Å². The van der Waals surface area contributed by atoms with Crippen LogP contribution < -0.4 is 5.32 Å². The largest absolute Gasteiger partial charge is 0.469 e. The molecule has 124 valence electrons. The van der Waals surface area contributed by atoms with E-state index in [9.17, 15) is 13.2 Å². The van der Waals surface area contributed by atoms with Crippen LogP contribution in [0.25, 0.3) is 0 Å². The third-order valence-electron chi connectivity index (χ3n) is 3.90. The van der Waals surface area contributed by atoms with E-state index in [1.165, 1.54) is 16.8 Å². The maximum atomic E-state index is 12.3. The lowest BCUT2D eigenvalue weighted by molar-refractivity contribution is 0.0926. The van der Waals surface area contributed by atoms with E-state index in [1.54, 1.807) is 13.0 Å². The summed E-state index contributed by atoms with van der Waals surface area (Å²) in [6, 6.07) is 1.41. The first kappa shape index (κ1) is 17.0. The molecule has 1 aliphatic rings. The molecule has 1 fully saturated rings. The molecule has 1 saturated heterocycles. The Morgan fingerprint density at radius 2 is 2.14 bits per heavy atom. The Morgan fingerprint density at radius 3 is 2.64 bits per heavy atom. The number of nitrogens with one attached hydrogen (secondary N) is 1. The van der Waals surface area contributed by atoms with Crippen molar-refractivity contribution in [3.05, 3.63) is 23.7 Å². The quantitative estimate of drug-likeness (QED) is 0.831. The predicted molar refractivity (Wildman–Crippen MR) is 83.2 cm³/mol. The Labute approximate surface area is 131 Å². The van der Waals surface area contributed by atoms with Gasteiger partial charge >= 0.3 is 0 Å². The molecule has 0 aromatic carbocycles. The second-order valence-electron chi connectivity index (χ2n) is 6.07. The number of hydrogen-bond acceptors (Lipinski definition) is 5. The summed E-state index contributed by atoms with van der Waals surface area (Å²) in [6.07, 6.45) is 2.67. The van der Waals surface area contributed by atoms with E-state index in [0.29, 0.717) is 31.0 Å². The third kappa shape index (κ3) is 3.88. The second kappa shape index (κ2) is 6.39. The minimum atomic E-state index is -3.26. The van der Waals surface area contributed by atoms with Crippen molar-refractivity contribution in [2.24, 2.45) is 5.92 Å². The summed E-state index contributed by atoms with van der Waals surface area (Å²) in [6.45, 7) is 3.16. The highest BCUT2D eigenvalue weighted by atomic mass is 32.2. The molecule has 1 aromatic rings.